The number of carbonyl (C=O) groups is 1. The molecule has 3 rings (SSSR count). The number of fused-ring (bicyclic) bond motifs is 1. The summed E-state index contributed by atoms with van der Waals surface area (Å²) in [4.78, 5) is 22.3. The van der Waals surface area contributed by atoms with Gasteiger partial charge in [-0.15, -0.1) is 12.4 Å². The molecule has 0 radical (unpaired) electrons. The molecule has 4 nitrogen and oxygen atoms in total. The molecule has 1 saturated carbocycles. The lowest BCUT2D eigenvalue weighted by Gasteiger charge is -2.26. The maximum absolute atomic E-state index is 13.2. The van der Waals surface area contributed by atoms with E-state index in [0.717, 1.165) is 66.2 Å². The molecule has 1 aromatic heterocycles. The van der Waals surface area contributed by atoms with Gasteiger partial charge in [0, 0.05) is 19.0 Å². The van der Waals surface area contributed by atoms with E-state index in [1.54, 1.807) is 11.3 Å². The minimum Gasteiger partial charge on any atom is -0.302 e. The Kier molecular flexibility index (Phi) is 8.35. The Morgan fingerprint density at radius 2 is 1.89 bits per heavy atom. The minimum absolute atomic E-state index is 0. The van der Waals surface area contributed by atoms with Gasteiger partial charge in [0.05, 0.1) is 15.2 Å². The molecule has 1 aliphatic rings. The maximum atomic E-state index is 13.2. The fourth-order valence-corrected chi connectivity index (χ4v) is 5.03. The SMILES string of the molecule is CCN(CC)CCN(C(=O)C1CCCC1)c1nc2c(C)ccc(Cl)c2s1.Cl. The van der Waals surface area contributed by atoms with Crippen LogP contribution in [0.15, 0.2) is 12.1 Å². The third kappa shape index (κ3) is 4.94. The van der Waals surface area contributed by atoms with Crippen LogP contribution in [0.25, 0.3) is 10.2 Å². The smallest absolute Gasteiger partial charge is 0.231 e. The van der Waals surface area contributed by atoms with E-state index in [9.17, 15) is 4.79 Å². The van der Waals surface area contributed by atoms with E-state index in [4.69, 9.17) is 16.6 Å². The standard InChI is InChI=1S/C20H28ClN3OS.ClH/c1-4-23(5-2)12-13-24(19(25)15-8-6-7-9-15)20-22-17-14(3)10-11-16(21)18(17)26-20;/h10-11,15H,4-9,12-13H2,1-3H3;1H. The van der Waals surface area contributed by atoms with Crippen LogP contribution in [0.1, 0.15) is 45.1 Å². The summed E-state index contributed by atoms with van der Waals surface area (Å²) in [6, 6.07) is 3.91. The van der Waals surface area contributed by atoms with Gasteiger partial charge in [0.2, 0.25) is 5.91 Å². The summed E-state index contributed by atoms with van der Waals surface area (Å²) in [5.41, 5.74) is 2.02. The first-order valence-electron chi connectivity index (χ1n) is 9.64. The third-order valence-corrected chi connectivity index (χ3v) is 6.96. The number of halogens is 2. The molecule has 1 heterocycles. The van der Waals surface area contributed by atoms with Crippen molar-refractivity contribution in [2.45, 2.75) is 46.5 Å². The average Bonchev–Trinajstić information content (AvgIpc) is 3.32. The molecule has 1 fully saturated rings. The van der Waals surface area contributed by atoms with E-state index >= 15 is 0 Å². The van der Waals surface area contributed by atoms with Gasteiger partial charge in [-0.3, -0.25) is 9.69 Å². The second-order valence-electron chi connectivity index (χ2n) is 7.04. The van der Waals surface area contributed by atoms with Crippen LogP contribution < -0.4 is 4.90 Å². The van der Waals surface area contributed by atoms with Crippen LogP contribution >= 0.6 is 35.3 Å². The zero-order valence-electron chi connectivity index (χ0n) is 16.3. The second-order valence-corrected chi connectivity index (χ2v) is 8.42. The summed E-state index contributed by atoms with van der Waals surface area (Å²) in [7, 11) is 0. The maximum Gasteiger partial charge on any atom is 0.231 e. The Morgan fingerprint density at radius 1 is 1.22 bits per heavy atom. The van der Waals surface area contributed by atoms with Crippen LogP contribution in [0, 0.1) is 12.8 Å². The average molecular weight is 430 g/mol. The highest BCUT2D eigenvalue weighted by Crippen LogP contribution is 2.37. The Labute approximate surface area is 177 Å². The molecule has 0 unspecified atom stereocenters. The molecular weight excluding hydrogens is 401 g/mol. The topological polar surface area (TPSA) is 36.4 Å². The highest BCUT2D eigenvalue weighted by Gasteiger charge is 2.30. The summed E-state index contributed by atoms with van der Waals surface area (Å²) < 4.78 is 0.980. The normalized spacial score (nSPS) is 14.7. The first-order chi connectivity index (χ1) is 12.5. The van der Waals surface area contributed by atoms with Crippen molar-refractivity contribution in [2.24, 2.45) is 5.92 Å². The number of aryl methyl sites for hydroxylation is 1. The Bertz CT molecular complexity index is 731. The van der Waals surface area contributed by atoms with Gasteiger partial charge in [0.15, 0.2) is 5.13 Å². The van der Waals surface area contributed by atoms with Crippen molar-refractivity contribution in [2.75, 3.05) is 31.1 Å². The molecule has 1 aliphatic carbocycles. The summed E-state index contributed by atoms with van der Waals surface area (Å²) in [6.07, 6.45) is 4.33. The van der Waals surface area contributed by atoms with Crippen LogP contribution in [0.3, 0.4) is 0 Å². The largest absolute Gasteiger partial charge is 0.302 e. The Hall–Kier alpha value is -0.880. The molecule has 27 heavy (non-hydrogen) atoms. The van der Waals surface area contributed by atoms with Gasteiger partial charge >= 0.3 is 0 Å². The zero-order valence-corrected chi connectivity index (χ0v) is 18.7. The number of rotatable bonds is 7. The quantitative estimate of drug-likeness (QED) is 0.578. The predicted molar refractivity (Wildman–Crippen MR) is 119 cm³/mol. The van der Waals surface area contributed by atoms with E-state index in [1.165, 1.54) is 0 Å². The van der Waals surface area contributed by atoms with Crippen LogP contribution in [0.2, 0.25) is 5.02 Å². The molecular formula is C20H29Cl2N3OS. The molecule has 150 valence electrons. The van der Waals surface area contributed by atoms with Crippen molar-refractivity contribution < 1.29 is 4.79 Å². The van der Waals surface area contributed by atoms with Gasteiger partial charge in [-0.1, -0.05) is 55.7 Å². The molecule has 0 aliphatic heterocycles. The van der Waals surface area contributed by atoms with Crippen LogP contribution in [0.5, 0.6) is 0 Å². The predicted octanol–water partition coefficient (Wildman–Crippen LogP) is 5.54. The van der Waals surface area contributed by atoms with Crippen molar-refractivity contribution in [1.82, 2.24) is 9.88 Å². The van der Waals surface area contributed by atoms with Crippen molar-refractivity contribution in [1.29, 1.82) is 0 Å². The molecule has 1 aromatic carbocycles. The lowest BCUT2D eigenvalue weighted by atomic mass is 10.1. The highest BCUT2D eigenvalue weighted by atomic mass is 35.5. The number of anilines is 1. The van der Waals surface area contributed by atoms with Gasteiger partial charge in [-0.05, 0) is 44.5 Å². The van der Waals surface area contributed by atoms with Gasteiger partial charge in [-0.2, -0.15) is 0 Å². The number of amides is 1. The van der Waals surface area contributed by atoms with Gasteiger partial charge in [0.25, 0.3) is 0 Å². The molecule has 0 spiro atoms. The van der Waals surface area contributed by atoms with Crippen molar-refractivity contribution in [3.63, 3.8) is 0 Å². The Morgan fingerprint density at radius 3 is 2.48 bits per heavy atom. The molecule has 2 aromatic rings. The van der Waals surface area contributed by atoms with E-state index in [0.29, 0.717) is 11.6 Å². The number of hydrogen-bond donors (Lipinski definition) is 0. The first kappa shape index (κ1) is 22.4. The fraction of sp³-hybridized carbons (Fsp3) is 0.600. The minimum atomic E-state index is 0. The van der Waals surface area contributed by atoms with Crippen molar-refractivity contribution in [3.05, 3.63) is 22.7 Å². The van der Waals surface area contributed by atoms with Crippen molar-refractivity contribution in [3.8, 4) is 0 Å². The number of hydrogen-bond acceptors (Lipinski definition) is 4. The molecule has 7 heteroatoms. The van der Waals surface area contributed by atoms with Crippen LogP contribution in [-0.4, -0.2) is 42.0 Å². The third-order valence-electron chi connectivity index (χ3n) is 5.42. The Balaban J connectivity index is 0.00000261. The monoisotopic (exact) mass is 429 g/mol. The molecule has 1 amide bonds. The molecule has 0 saturated heterocycles. The van der Waals surface area contributed by atoms with Gasteiger partial charge < -0.3 is 4.90 Å². The number of thiazole rings is 1. The van der Waals surface area contributed by atoms with E-state index in [1.807, 2.05) is 24.0 Å². The van der Waals surface area contributed by atoms with Gasteiger partial charge in [-0.25, -0.2) is 4.98 Å². The first-order valence-corrected chi connectivity index (χ1v) is 10.8. The lowest BCUT2D eigenvalue weighted by molar-refractivity contribution is -0.122. The fourth-order valence-electron chi connectivity index (χ4n) is 3.68. The number of aromatic nitrogens is 1. The van der Waals surface area contributed by atoms with Crippen LogP contribution in [-0.2, 0) is 4.79 Å². The molecule has 0 bridgehead atoms. The molecule has 0 N–H and O–H groups in total. The van der Waals surface area contributed by atoms with Gasteiger partial charge in [0.1, 0.15) is 0 Å². The van der Waals surface area contributed by atoms with E-state index in [-0.39, 0.29) is 24.2 Å². The van der Waals surface area contributed by atoms with Crippen LogP contribution in [0.4, 0.5) is 5.13 Å². The summed E-state index contributed by atoms with van der Waals surface area (Å²) in [5.74, 6) is 0.387. The number of likely N-dealkylation sites (N-methyl/N-ethyl adjacent to an activating group) is 1. The summed E-state index contributed by atoms with van der Waals surface area (Å²) >= 11 is 7.93. The van der Waals surface area contributed by atoms with E-state index < -0.39 is 0 Å². The number of nitrogens with zero attached hydrogens (tertiary/aromatic N) is 3. The second kappa shape index (κ2) is 10.1. The highest BCUT2D eigenvalue weighted by molar-refractivity contribution is 7.23. The van der Waals surface area contributed by atoms with E-state index in [2.05, 4.69) is 18.7 Å². The van der Waals surface area contributed by atoms with Crippen molar-refractivity contribution >= 4 is 56.6 Å². The molecule has 0 atom stereocenters. The summed E-state index contributed by atoms with van der Waals surface area (Å²) in [6.45, 7) is 9.91. The summed E-state index contributed by atoms with van der Waals surface area (Å²) in [5, 5.41) is 1.51. The number of carbonyl (C=O) groups excluding carboxylic acids is 1. The zero-order chi connectivity index (χ0) is 18.7. The lowest BCUT2D eigenvalue weighted by Crippen LogP contribution is -2.41. The number of benzene rings is 1.